The van der Waals surface area contributed by atoms with Crippen LogP contribution in [0.4, 0.5) is 13.2 Å². The van der Waals surface area contributed by atoms with Gasteiger partial charge >= 0.3 is 6.18 Å². The van der Waals surface area contributed by atoms with Crippen LogP contribution in [0.2, 0.25) is 0 Å². The summed E-state index contributed by atoms with van der Waals surface area (Å²) < 4.78 is 38.1. The van der Waals surface area contributed by atoms with E-state index < -0.39 is 12.6 Å². The van der Waals surface area contributed by atoms with Gasteiger partial charge in [-0.15, -0.1) is 10.2 Å². The van der Waals surface area contributed by atoms with E-state index in [1.165, 1.54) is 0 Å². The molecule has 1 aromatic heterocycles. The summed E-state index contributed by atoms with van der Waals surface area (Å²) in [5.41, 5.74) is 0. The van der Waals surface area contributed by atoms with Crippen LogP contribution in [0.3, 0.4) is 0 Å². The zero-order valence-corrected chi connectivity index (χ0v) is 8.72. The molecule has 16 heavy (non-hydrogen) atoms. The molecular formula is C9H13F3N4. The summed E-state index contributed by atoms with van der Waals surface area (Å²) in [5, 5.41) is 10.9. The normalized spacial score (nSPS) is 16.9. The fourth-order valence-corrected chi connectivity index (χ4v) is 1.77. The van der Waals surface area contributed by atoms with Crippen LogP contribution in [0.1, 0.15) is 18.1 Å². The molecule has 1 aromatic rings. The maximum absolute atomic E-state index is 12.1. The standard InChI is InChI=1S/C9H13F3N4/c10-9(11,12)3-1-7-14-15-8-2-4-13-5-6-16(7)8/h13H,1-6H2. The fraction of sp³-hybridized carbons (Fsp3) is 0.778. The quantitative estimate of drug-likeness (QED) is 0.827. The third kappa shape index (κ3) is 2.72. The molecule has 2 rings (SSSR count). The first-order chi connectivity index (χ1) is 7.56. The summed E-state index contributed by atoms with van der Waals surface area (Å²) in [5.74, 6) is 1.22. The molecule has 2 heterocycles. The molecule has 0 fully saturated rings. The summed E-state index contributed by atoms with van der Waals surface area (Å²) in [6.45, 7) is 2.21. The molecule has 0 aliphatic carbocycles. The molecule has 0 atom stereocenters. The van der Waals surface area contributed by atoms with E-state index in [0.717, 1.165) is 25.3 Å². The molecular weight excluding hydrogens is 221 g/mol. The predicted molar refractivity (Wildman–Crippen MR) is 51.0 cm³/mol. The number of alkyl halides is 3. The topological polar surface area (TPSA) is 42.7 Å². The first kappa shape index (κ1) is 11.4. The molecule has 0 amide bonds. The van der Waals surface area contributed by atoms with E-state index in [9.17, 15) is 13.2 Å². The Morgan fingerprint density at radius 1 is 1.25 bits per heavy atom. The molecule has 0 saturated carbocycles. The minimum Gasteiger partial charge on any atom is -0.315 e. The highest BCUT2D eigenvalue weighted by Crippen LogP contribution is 2.21. The molecule has 7 heteroatoms. The van der Waals surface area contributed by atoms with Gasteiger partial charge in [-0.05, 0) is 0 Å². The Morgan fingerprint density at radius 2 is 2.06 bits per heavy atom. The molecule has 0 unspecified atom stereocenters. The van der Waals surface area contributed by atoms with Gasteiger partial charge in [-0.2, -0.15) is 13.2 Å². The van der Waals surface area contributed by atoms with Crippen LogP contribution < -0.4 is 5.32 Å². The second-order valence-electron chi connectivity index (χ2n) is 3.80. The van der Waals surface area contributed by atoms with Crippen molar-refractivity contribution in [2.45, 2.75) is 32.0 Å². The number of fused-ring (bicyclic) bond motifs is 1. The van der Waals surface area contributed by atoms with Gasteiger partial charge in [0, 0.05) is 32.5 Å². The summed E-state index contributed by atoms with van der Waals surface area (Å²) in [6, 6.07) is 0. The van der Waals surface area contributed by atoms with Crippen molar-refractivity contribution in [3.05, 3.63) is 11.6 Å². The number of halogens is 3. The lowest BCUT2D eigenvalue weighted by Crippen LogP contribution is -2.18. The zero-order chi connectivity index (χ0) is 11.6. The van der Waals surface area contributed by atoms with Crippen LogP contribution in [0.15, 0.2) is 0 Å². The van der Waals surface area contributed by atoms with Gasteiger partial charge in [0.2, 0.25) is 0 Å². The van der Waals surface area contributed by atoms with Gasteiger partial charge in [0.15, 0.2) is 0 Å². The van der Waals surface area contributed by atoms with Crippen molar-refractivity contribution in [1.82, 2.24) is 20.1 Å². The molecule has 0 radical (unpaired) electrons. The minimum atomic E-state index is -4.13. The maximum atomic E-state index is 12.1. The smallest absolute Gasteiger partial charge is 0.315 e. The van der Waals surface area contributed by atoms with Gasteiger partial charge in [-0.3, -0.25) is 0 Å². The Labute approximate surface area is 90.9 Å². The van der Waals surface area contributed by atoms with E-state index in [1.54, 1.807) is 4.57 Å². The van der Waals surface area contributed by atoms with Gasteiger partial charge in [0.1, 0.15) is 11.6 Å². The Balaban J connectivity index is 2.07. The van der Waals surface area contributed by atoms with E-state index in [1.807, 2.05) is 0 Å². The Morgan fingerprint density at radius 3 is 2.81 bits per heavy atom. The fourth-order valence-electron chi connectivity index (χ4n) is 1.77. The lowest BCUT2D eigenvalue weighted by atomic mass is 10.3. The van der Waals surface area contributed by atoms with Crippen molar-refractivity contribution in [2.75, 3.05) is 13.1 Å². The molecule has 1 aliphatic rings. The SMILES string of the molecule is FC(F)(F)CCc1nnc2n1CCNCC2. The van der Waals surface area contributed by atoms with E-state index in [0.29, 0.717) is 12.4 Å². The molecule has 0 bridgehead atoms. The summed E-state index contributed by atoms with van der Waals surface area (Å²) >= 11 is 0. The van der Waals surface area contributed by atoms with Crippen LogP contribution in [0.5, 0.6) is 0 Å². The molecule has 4 nitrogen and oxygen atoms in total. The summed E-state index contributed by atoms with van der Waals surface area (Å²) in [6.07, 6.45) is -4.33. The maximum Gasteiger partial charge on any atom is 0.389 e. The third-order valence-electron chi connectivity index (χ3n) is 2.57. The molecule has 1 N–H and O–H groups in total. The number of nitrogens with one attached hydrogen (secondary N) is 1. The van der Waals surface area contributed by atoms with E-state index in [2.05, 4.69) is 15.5 Å². The van der Waals surface area contributed by atoms with Crippen molar-refractivity contribution in [1.29, 1.82) is 0 Å². The highest BCUT2D eigenvalue weighted by molar-refractivity contribution is 4.99. The van der Waals surface area contributed by atoms with Gasteiger partial charge in [-0.25, -0.2) is 0 Å². The number of aryl methyl sites for hydroxylation is 1. The lowest BCUT2D eigenvalue weighted by Gasteiger charge is -2.08. The number of hydrogen-bond donors (Lipinski definition) is 1. The number of hydrogen-bond acceptors (Lipinski definition) is 3. The van der Waals surface area contributed by atoms with Gasteiger partial charge in [0.05, 0.1) is 6.42 Å². The van der Waals surface area contributed by atoms with Crippen LogP contribution in [-0.4, -0.2) is 34.0 Å². The van der Waals surface area contributed by atoms with Crippen molar-refractivity contribution in [3.63, 3.8) is 0 Å². The molecule has 0 spiro atoms. The second kappa shape index (κ2) is 4.40. The number of rotatable bonds is 2. The molecule has 1 aliphatic heterocycles. The second-order valence-corrected chi connectivity index (χ2v) is 3.80. The Bertz CT molecular complexity index is 358. The van der Waals surface area contributed by atoms with Crippen molar-refractivity contribution < 1.29 is 13.2 Å². The average molecular weight is 234 g/mol. The molecule has 90 valence electrons. The van der Waals surface area contributed by atoms with Gasteiger partial charge < -0.3 is 9.88 Å². The van der Waals surface area contributed by atoms with Crippen LogP contribution in [0, 0.1) is 0 Å². The van der Waals surface area contributed by atoms with E-state index >= 15 is 0 Å². The summed E-state index contributed by atoms with van der Waals surface area (Å²) in [4.78, 5) is 0. The average Bonchev–Trinajstić information content (AvgIpc) is 2.43. The monoisotopic (exact) mass is 234 g/mol. The van der Waals surface area contributed by atoms with Crippen molar-refractivity contribution in [2.24, 2.45) is 0 Å². The Hall–Kier alpha value is -1.11. The van der Waals surface area contributed by atoms with Crippen molar-refractivity contribution in [3.8, 4) is 0 Å². The van der Waals surface area contributed by atoms with Crippen LogP contribution >= 0.6 is 0 Å². The van der Waals surface area contributed by atoms with Crippen molar-refractivity contribution >= 4 is 0 Å². The van der Waals surface area contributed by atoms with E-state index in [-0.39, 0.29) is 6.42 Å². The van der Waals surface area contributed by atoms with Crippen LogP contribution in [-0.2, 0) is 19.4 Å². The van der Waals surface area contributed by atoms with Crippen LogP contribution in [0.25, 0.3) is 0 Å². The highest BCUT2D eigenvalue weighted by Gasteiger charge is 2.28. The zero-order valence-electron chi connectivity index (χ0n) is 8.72. The van der Waals surface area contributed by atoms with E-state index in [4.69, 9.17) is 0 Å². The first-order valence-electron chi connectivity index (χ1n) is 5.25. The summed E-state index contributed by atoms with van der Waals surface area (Å²) in [7, 11) is 0. The number of aromatic nitrogens is 3. The Kier molecular flexibility index (Phi) is 3.13. The third-order valence-corrected chi connectivity index (χ3v) is 2.57. The first-order valence-corrected chi connectivity index (χ1v) is 5.25. The largest absolute Gasteiger partial charge is 0.389 e. The van der Waals surface area contributed by atoms with Gasteiger partial charge in [-0.1, -0.05) is 0 Å². The van der Waals surface area contributed by atoms with Gasteiger partial charge in [0.25, 0.3) is 0 Å². The lowest BCUT2D eigenvalue weighted by molar-refractivity contribution is -0.134. The number of nitrogens with zero attached hydrogens (tertiary/aromatic N) is 3. The molecule has 0 saturated heterocycles. The highest BCUT2D eigenvalue weighted by atomic mass is 19.4. The molecule has 0 aromatic carbocycles. The minimum absolute atomic E-state index is 0.0868. The predicted octanol–water partition coefficient (Wildman–Crippen LogP) is 0.919.